The zero-order chi connectivity index (χ0) is 39.1. The lowest BCUT2D eigenvalue weighted by atomic mass is 9.43. The Morgan fingerprint density at radius 1 is 0.356 bits per heavy atom. The highest BCUT2D eigenvalue weighted by Crippen LogP contribution is 2.69. The number of hydrogen-bond acceptors (Lipinski definition) is 3. The standard InChI is InChI=1S/C56H45N3/c1-35-17-19-39(20-18-35)44-30-45(32-46(31-44)55-58-53(40-13-7-3-8-14-40)57-54(59-55)41-15-9-4-10-16-41)43-21-23-49-50-33-42(38-11-5-2-6-12-38)22-24-51(50)56(52(49)34-43)47-26-36-25-37(28-47)29-48(56)27-36/h2-24,30-34,36-37,47-48H,25-29H2,1H3. The average Bonchev–Trinajstić information content (AvgIpc) is 3.58. The van der Waals surface area contributed by atoms with Gasteiger partial charge >= 0.3 is 0 Å². The molecule has 4 saturated carbocycles. The summed E-state index contributed by atoms with van der Waals surface area (Å²) in [4.78, 5) is 15.4. The Balaban J connectivity index is 1.06. The van der Waals surface area contributed by atoms with Gasteiger partial charge < -0.3 is 0 Å². The molecule has 13 rings (SSSR count). The Labute approximate surface area is 346 Å². The van der Waals surface area contributed by atoms with E-state index in [0.717, 1.165) is 34.1 Å². The molecule has 5 aliphatic carbocycles. The third-order valence-corrected chi connectivity index (χ3v) is 14.4. The number of benzene rings is 7. The summed E-state index contributed by atoms with van der Waals surface area (Å²) in [6.45, 7) is 2.15. The summed E-state index contributed by atoms with van der Waals surface area (Å²) >= 11 is 0. The van der Waals surface area contributed by atoms with Crippen molar-refractivity contribution in [2.45, 2.75) is 44.4 Å². The Kier molecular flexibility index (Phi) is 7.95. The van der Waals surface area contributed by atoms with Gasteiger partial charge in [-0.3, -0.25) is 0 Å². The maximum absolute atomic E-state index is 5.20. The van der Waals surface area contributed by atoms with Gasteiger partial charge in [0.2, 0.25) is 0 Å². The van der Waals surface area contributed by atoms with Crippen LogP contribution in [0.15, 0.2) is 170 Å². The molecule has 7 aromatic carbocycles. The topological polar surface area (TPSA) is 38.7 Å². The van der Waals surface area contributed by atoms with E-state index >= 15 is 0 Å². The first-order chi connectivity index (χ1) is 29.1. The average molecular weight is 760 g/mol. The molecule has 1 aromatic heterocycles. The van der Waals surface area contributed by atoms with Crippen LogP contribution in [0.25, 0.3) is 78.7 Å². The number of rotatable bonds is 6. The maximum Gasteiger partial charge on any atom is 0.164 e. The third-order valence-electron chi connectivity index (χ3n) is 14.4. The van der Waals surface area contributed by atoms with Crippen LogP contribution in [-0.2, 0) is 5.41 Å². The lowest BCUT2D eigenvalue weighted by molar-refractivity contribution is -0.0399. The molecular formula is C56H45N3. The summed E-state index contributed by atoms with van der Waals surface area (Å²) in [7, 11) is 0. The Hall–Kier alpha value is -6.45. The number of aryl methyl sites for hydroxylation is 1. The molecule has 5 aliphatic rings. The third kappa shape index (κ3) is 5.66. The van der Waals surface area contributed by atoms with Crippen LogP contribution in [0.1, 0.15) is 48.8 Å². The summed E-state index contributed by atoms with van der Waals surface area (Å²) in [5, 5.41) is 0. The van der Waals surface area contributed by atoms with Crippen LogP contribution in [0.5, 0.6) is 0 Å². The number of aromatic nitrogens is 3. The van der Waals surface area contributed by atoms with Crippen molar-refractivity contribution in [3.8, 4) is 78.7 Å². The molecule has 59 heavy (non-hydrogen) atoms. The number of hydrogen-bond donors (Lipinski definition) is 0. The molecule has 1 spiro atoms. The van der Waals surface area contributed by atoms with Crippen LogP contribution in [0.2, 0.25) is 0 Å². The van der Waals surface area contributed by atoms with Crippen LogP contribution in [-0.4, -0.2) is 15.0 Å². The van der Waals surface area contributed by atoms with Gasteiger partial charge in [0.05, 0.1) is 0 Å². The molecule has 0 amide bonds. The fourth-order valence-electron chi connectivity index (χ4n) is 12.0. The summed E-state index contributed by atoms with van der Waals surface area (Å²) in [6, 6.07) is 62.2. The van der Waals surface area contributed by atoms with Crippen LogP contribution in [0, 0.1) is 30.6 Å². The van der Waals surface area contributed by atoms with Crippen molar-refractivity contribution in [1.29, 1.82) is 0 Å². The van der Waals surface area contributed by atoms with Crippen LogP contribution >= 0.6 is 0 Å². The zero-order valence-electron chi connectivity index (χ0n) is 33.4. The minimum absolute atomic E-state index is 0.0596. The predicted molar refractivity (Wildman–Crippen MR) is 240 cm³/mol. The van der Waals surface area contributed by atoms with Gasteiger partial charge in [-0.05, 0) is 149 Å². The van der Waals surface area contributed by atoms with Crippen molar-refractivity contribution in [2.75, 3.05) is 0 Å². The fraction of sp³-hybridized carbons (Fsp3) is 0.196. The highest BCUT2D eigenvalue weighted by Gasteiger charge is 2.61. The van der Waals surface area contributed by atoms with Crippen LogP contribution in [0.3, 0.4) is 0 Å². The summed E-state index contributed by atoms with van der Waals surface area (Å²) < 4.78 is 0. The largest absolute Gasteiger partial charge is 0.208 e. The van der Waals surface area contributed by atoms with Crippen molar-refractivity contribution in [3.05, 3.63) is 187 Å². The minimum atomic E-state index is 0.0596. The molecule has 0 saturated heterocycles. The van der Waals surface area contributed by atoms with Gasteiger partial charge in [-0.25, -0.2) is 15.0 Å². The minimum Gasteiger partial charge on any atom is -0.208 e. The van der Waals surface area contributed by atoms with Gasteiger partial charge in [0.1, 0.15) is 0 Å². The molecular weight excluding hydrogens is 715 g/mol. The first-order valence-electron chi connectivity index (χ1n) is 21.5. The van der Waals surface area contributed by atoms with E-state index in [9.17, 15) is 0 Å². The second kappa shape index (κ2) is 13.6. The molecule has 4 fully saturated rings. The van der Waals surface area contributed by atoms with E-state index in [1.807, 2.05) is 36.4 Å². The van der Waals surface area contributed by atoms with E-state index in [1.54, 1.807) is 11.1 Å². The molecule has 284 valence electrons. The van der Waals surface area contributed by atoms with Gasteiger partial charge in [0.25, 0.3) is 0 Å². The maximum atomic E-state index is 5.20. The van der Waals surface area contributed by atoms with E-state index < -0.39 is 0 Å². The normalized spacial score (nSPS) is 22.1. The van der Waals surface area contributed by atoms with Crippen molar-refractivity contribution in [2.24, 2.45) is 23.7 Å². The van der Waals surface area contributed by atoms with Crippen molar-refractivity contribution in [3.63, 3.8) is 0 Å². The van der Waals surface area contributed by atoms with Gasteiger partial charge in [-0.2, -0.15) is 0 Å². The second-order valence-corrected chi connectivity index (χ2v) is 17.8. The van der Waals surface area contributed by atoms with Crippen molar-refractivity contribution < 1.29 is 0 Å². The highest BCUT2D eigenvalue weighted by molar-refractivity contribution is 5.89. The van der Waals surface area contributed by atoms with Gasteiger partial charge in [0.15, 0.2) is 17.5 Å². The molecule has 8 aromatic rings. The van der Waals surface area contributed by atoms with E-state index in [2.05, 4.69) is 140 Å². The number of nitrogens with zero attached hydrogens (tertiary/aromatic N) is 3. The lowest BCUT2D eigenvalue weighted by Crippen LogP contribution is -2.55. The SMILES string of the molecule is Cc1ccc(-c2cc(-c3ccc4c(c3)C3(c5ccc(-c6ccccc6)cc5-4)C4CC5CC(C4)CC3C5)cc(-c3nc(-c4ccccc4)nc(-c4ccccc4)n3)c2)cc1. The molecule has 0 atom stereocenters. The first-order valence-corrected chi connectivity index (χ1v) is 21.5. The predicted octanol–water partition coefficient (Wildman–Crippen LogP) is 13.9. The van der Waals surface area contributed by atoms with E-state index in [1.165, 1.54) is 76.6 Å². The molecule has 4 bridgehead atoms. The highest BCUT2D eigenvalue weighted by atomic mass is 15.0. The van der Waals surface area contributed by atoms with Gasteiger partial charge in [0, 0.05) is 22.1 Å². The van der Waals surface area contributed by atoms with Crippen LogP contribution in [0.4, 0.5) is 0 Å². The van der Waals surface area contributed by atoms with Crippen LogP contribution < -0.4 is 0 Å². The Morgan fingerprint density at radius 3 is 1.41 bits per heavy atom. The fourth-order valence-corrected chi connectivity index (χ4v) is 12.0. The summed E-state index contributed by atoms with van der Waals surface area (Å²) in [5.41, 5.74) is 17.6. The van der Waals surface area contributed by atoms with Gasteiger partial charge in [-0.15, -0.1) is 0 Å². The molecule has 3 nitrogen and oxygen atoms in total. The smallest absolute Gasteiger partial charge is 0.164 e. The van der Waals surface area contributed by atoms with Crippen molar-refractivity contribution >= 4 is 0 Å². The molecule has 0 radical (unpaired) electrons. The second-order valence-electron chi connectivity index (χ2n) is 17.8. The van der Waals surface area contributed by atoms with Gasteiger partial charge in [-0.1, -0.05) is 145 Å². The Morgan fingerprint density at radius 2 is 0.814 bits per heavy atom. The number of fused-ring (bicyclic) bond motifs is 3. The molecule has 0 aliphatic heterocycles. The monoisotopic (exact) mass is 759 g/mol. The zero-order valence-corrected chi connectivity index (χ0v) is 33.4. The lowest BCUT2D eigenvalue weighted by Gasteiger charge is -2.61. The van der Waals surface area contributed by atoms with E-state index in [-0.39, 0.29) is 5.41 Å². The molecule has 3 heteroatoms. The molecule has 0 N–H and O–H groups in total. The first kappa shape index (κ1) is 34.6. The quantitative estimate of drug-likeness (QED) is 0.169. The van der Waals surface area contributed by atoms with E-state index in [0.29, 0.717) is 29.3 Å². The van der Waals surface area contributed by atoms with Crippen molar-refractivity contribution in [1.82, 2.24) is 15.0 Å². The van der Waals surface area contributed by atoms with E-state index in [4.69, 9.17) is 15.0 Å². The summed E-state index contributed by atoms with van der Waals surface area (Å²) in [5.74, 6) is 5.16. The molecule has 1 heterocycles. The molecule has 0 unspecified atom stereocenters. The Bertz CT molecular complexity index is 2790. The summed E-state index contributed by atoms with van der Waals surface area (Å²) in [6.07, 6.45) is 6.87.